The summed E-state index contributed by atoms with van der Waals surface area (Å²) in [4.78, 5) is 18.7. The number of pyridine rings is 1. The highest BCUT2D eigenvalue weighted by molar-refractivity contribution is 5.93. The molecule has 12 heavy (non-hydrogen) atoms. The number of carbonyl (C=O) groups is 1. The predicted octanol–water partition coefficient (Wildman–Crippen LogP) is -0.335. The molecule has 1 aliphatic rings. The molecule has 0 bridgehead atoms. The monoisotopic (exact) mass is 158 g/mol. The molecule has 0 radical (unpaired) electrons. The van der Waals surface area contributed by atoms with Crippen LogP contribution in [0.2, 0.25) is 0 Å². The molecule has 0 aromatic carbocycles. The molecule has 0 aliphatic carbocycles. The molecule has 0 fully saturated rings. The molecule has 0 spiro atoms. The number of hydrogen-bond acceptors (Lipinski definition) is 2. The minimum absolute atomic E-state index is 0.235. The Morgan fingerprint density at radius 2 is 2.08 bits per heavy atom. The first-order valence-corrected chi connectivity index (χ1v) is 3.52. The number of nitrogens with zero attached hydrogens (tertiary/aromatic N) is 2. The summed E-state index contributed by atoms with van der Waals surface area (Å²) in [7, 11) is 0. The fourth-order valence-corrected chi connectivity index (χ4v) is 1.03. The smallest absolute Gasteiger partial charge is 0.267 e. The zero-order valence-corrected chi connectivity index (χ0v) is 6.32. The highest BCUT2D eigenvalue weighted by Gasteiger charge is 2.02. The summed E-state index contributed by atoms with van der Waals surface area (Å²) < 4.78 is 0. The minimum atomic E-state index is -0.235. The van der Waals surface area contributed by atoms with Crippen molar-refractivity contribution in [2.45, 2.75) is 0 Å². The van der Waals surface area contributed by atoms with E-state index >= 15 is 0 Å². The number of amides is 1. The Morgan fingerprint density at radius 1 is 1.25 bits per heavy atom. The van der Waals surface area contributed by atoms with E-state index in [0.717, 1.165) is 0 Å². The number of carbonyl (C=O) groups excluding carboxylic acids is 1. The van der Waals surface area contributed by atoms with Gasteiger partial charge in [-0.25, -0.2) is 9.98 Å². The molecule has 58 valence electrons. The minimum Gasteiger partial charge on any atom is -0.267 e. The van der Waals surface area contributed by atoms with Gasteiger partial charge in [0.05, 0.1) is 16.4 Å². The average molecular weight is 158 g/mol. The van der Waals surface area contributed by atoms with E-state index in [2.05, 4.69) is 16.6 Å². The molecule has 1 aromatic heterocycles. The Morgan fingerprint density at radius 3 is 2.92 bits per heavy atom. The Hall–Kier alpha value is -1.77. The van der Waals surface area contributed by atoms with Gasteiger partial charge in [0.2, 0.25) is 0 Å². The van der Waals surface area contributed by atoms with Gasteiger partial charge in [0, 0.05) is 6.08 Å². The maximum Gasteiger partial charge on any atom is 0.270 e. The van der Waals surface area contributed by atoms with Crippen LogP contribution in [0.15, 0.2) is 23.2 Å². The second-order valence-corrected chi connectivity index (χ2v) is 2.49. The van der Waals surface area contributed by atoms with Crippen molar-refractivity contribution in [1.29, 1.82) is 0 Å². The average Bonchev–Trinajstić information content (AvgIpc) is 2.05. The van der Waals surface area contributed by atoms with Crippen molar-refractivity contribution in [1.82, 2.24) is 4.98 Å². The number of hydrogen-bond donors (Lipinski definition) is 0. The van der Waals surface area contributed by atoms with Crippen LogP contribution in [0.3, 0.4) is 0 Å². The van der Waals surface area contributed by atoms with Gasteiger partial charge in [0.1, 0.15) is 0 Å². The van der Waals surface area contributed by atoms with E-state index in [9.17, 15) is 4.79 Å². The molecule has 2 heterocycles. The van der Waals surface area contributed by atoms with E-state index in [1.54, 1.807) is 18.2 Å². The molecule has 0 saturated carbocycles. The lowest BCUT2D eigenvalue weighted by atomic mass is 10.2. The molecule has 0 unspecified atom stereocenters. The summed E-state index contributed by atoms with van der Waals surface area (Å²) in [5.74, 6) is -0.235. The third kappa shape index (κ3) is 1.05. The summed E-state index contributed by atoms with van der Waals surface area (Å²) in [6, 6.07) is 3.47. The third-order valence-electron chi connectivity index (χ3n) is 1.57. The molecule has 3 heteroatoms. The molecule has 2 rings (SSSR count). The largest absolute Gasteiger partial charge is 0.270 e. The second kappa shape index (κ2) is 2.37. The van der Waals surface area contributed by atoms with Crippen molar-refractivity contribution in [3.8, 4) is 0 Å². The van der Waals surface area contributed by atoms with Crippen molar-refractivity contribution in [3.05, 3.63) is 34.6 Å². The molecule has 0 saturated heterocycles. The molecule has 0 N–H and O–H groups in total. The van der Waals surface area contributed by atoms with Crippen molar-refractivity contribution in [2.24, 2.45) is 4.99 Å². The van der Waals surface area contributed by atoms with Crippen LogP contribution in [0.1, 0.15) is 5.69 Å². The fourth-order valence-electron chi connectivity index (χ4n) is 1.03. The quantitative estimate of drug-likeness (QED) is 0.518. The molecule has 1 amide bonds. The summed E-state index contributed by atoms with van der Waals surface area (Å²) >= 11 is 0. The van der Waals surface area contributed by atoms with Gasteiger partial charge in [0.15, 0.2) is 0 Å². The van der Waals surface area contributed by atoms with Crippen molar-refractivity contribution >= 4 is 18.6 Å². The van der Waals surface area contributed by atoms with E-state index in [-0.39, 0.29) is 5.91 Å². The van der Waals surface area contributed by atoms with Crippen LogP contribution in [0.4, 0.5) is 0 Å². The second-order valence-electron chi connectivity index (χ2n) is 2.49. The first-order valence-electron chi connectivity index (χ1n) is 3.52. The van der Waals surface area contributed by atoms with Gasteiger partial charge in [-0.2, -0.15) is 0 Å². The van der Waals surface area contributed by atoms with Crippen LogP contribution < -0.4 is 10.7 Å². The Labute approximate surface area is 68.8 Å². The van der Waals surface area contributed by atoms with Crippen LogP contribution >= 0.6 is 0 Å². The van der Waals surface area contributed by atoms with Crippen molar-refractivity contribution < 1.29 is 4.79 Å². The van der Waals surface area contributed by atoms with E-state index in [1.165, 1.54) is 6.08 Å². The van der Waals surface area contributed by atoms with E-state index in [1.807, 2.05) is 0 Å². The zero-order valence-electron chi connectivity index (χ0n) is 6.32. The van der Waals surface area contributed by atoms with Crippen LogP contribution in [0, 0.1) is 0 Å². The topological polar surface area (TPSA) is 42.3 Å². The first-order chi connectivity index (χ1) is 5.75. The molecule has 0 atom stereocenters. The number of aromatic nitrogens is 1. The summed E-state index contributed by atoms with van der Waals surface area (Å²) in [6.07, 6.45) is 3.05. The number of fused-ring (bicyclic) bond motifs is 1. The molecule has 3 nitrogen and oxygen atoms in total. The Bertz CT molecular complexity index is 474. The van der Waals surface area contributed by atoms with Gasteiger partial charge in [0.25, 0.3) is 5.91 Å². The predicted molar refractivity (Wildman–Crippen MR) is 44.6 cm³/mol. The van der Waals surface area contributed by atoms with Crippen LogP contribution in [-0.2, 0) is 4.79 Å². The number of rotatable bonds is 0. The summed E-state index contributed by atoms with van der Waals surface area (Å²) in [5.41, 5.74) is 0.710. The molecular formula is C9H6N2O. The first kappa shape index (κ1) is 6.91. The van der Waals surface area contributed by atoms with Crippen LogP contribution in [0.5, 0.6) is 0 Å². The summed E-state index contributed by atoms with van der Waals surface area (Å²) in [5, 5.41) is 1.30. The molecule has 1 aromatic rings. The zero-order chi connectivity index (χ0) is 8.55. The highest BCUT2D eigenvalue weighted by Crippen LogP contribution is 1.93. The van der Waals surface area contributed by atoms with Gasteiger partial charge in [-0.3, -0.25) is 4.79 Å². The molecule has 1 aliphatic heterocycles. The van der Waals surface area contributed by atoms with E-state index in [4.69, 9.17) is 0 Å². The Balaban J connectivity index is 2.81. The summed E-state index contributed by atoms with van der Waals surface area (Å²) in [6.45, 7) is 3.68. The van der Waals surface area contributed by atoms with Crippen LogP contribution in [0.25, 0.3) is 12.7 Å². The van der Waals surface area contributed by atoms with E-state index < -0.39 is 0 Å². The highest BCUT2D eigenvalue weighted by atomic mass is 16.1. The fraction of sp³-hybridized carbons (Fsp3) is 0. The third-order valence-corrected chi connectivity index (χ3v) is 1.57. The van der Waals surface area contributed by atoms with E-state index in [0.29, 0.717) is 16.4 Å². The lowest BCUT2D eigenvalue weighted by Gasteiger charge is -1.97. The van der Waals surface area contributed by atoms with Crippen molar-refractivity contribution in [3.63, 3.8) is 0 Å². The van der Waals surface area contributed by atoms with Gasteiger partial charge >= 0.3 is 0 Å². The lowest BCUT2D eigenvalue weighted by Crippen LogP contribution is -2.20. The van der Waals surface area contributed by atoms with Gasteiger partial charge < -0.3 is 0 Å². The SMILES string of the molecule is C=c1ccc2c(n1)C=CC(=O)N=2. The van der Waals surface area contributed by atoms with Gasteiger partial charge in [-0.1, -0.05) is 6.58 Å². The Kier molecular flexibility index (Phi) is 1.37. The van der Waals surface area contributed by atoms with Crippen LogP contribution in [-0.4, -0.2) is 10.9 Å². The van der Waals surface area contributed by atoms with Gasteiger partial charge in [-0.15, -0.1) is 0 Å². The molecular weight excluding hydrogens is 152 g/mol. The lowest BCUT2D eigenvalue weighted by molar-refractivity contribution is -0.113. The maximum absolute atomic E-state index is 10.8. The van der Waals surface area contributed by atoms with Gasteiger partial charge in [-0.05, 0) is 18.2 Å². The maximum atomic E-state index is 10.8. The standard InChI is InChI=1S/C9H6N2O/c1-6-2-3-8-7(10-6)4-5-9(12)11-8/h2-5H,1H2. The van der Waals surface area contributed by atoms with Crippen molar-refractivity contribution in [2.75, 3.05) is 0 Å². The normalized spacial score (nSPS) is 13.8.